The molecule has 2 heterocycles. The van der Waals surface area contributed by atoms with Crippen molar-refractivity contribution in [3.63, 3.8) is 0 Å². The van der Waals surface area contributed by atoms with Gasteiger partial charge in [0.1, 0.15) is 0 Å². The third-order valence-electron chi connectivity index (χ3n) is 1.56. The molecule has 0 aliphatic carbocycles. The fourth-order valence-electron chi connectivity index (χ4n) is 0.922. The Morgan fingerprint density at radius 1 is 0.846 bits per heavy atom. The minimum absolute atomic E-state index is 0.889. The van der Waals surface area contributed by atoms with Gasteiger partial charge in [0, 0.05) is 25.5 Å². The maximum absolute atomic E-state index is 5.01. The van der Waals surface area contributed by atoms with Gasteiger partial charge in [-0.1, -0.05) is 12.2 Å². The van der Waals surface area contributed by atoms with E-state index < -0.39 is 0 Å². The lowest BCUT2D eigenvalue weighted by atomic mass is 10.5. The maximum Gasteiger partial charge on any atom is 0.0591 e. The third-order valence-corrected chi connectivity index (χ3v) is 1.56. The molecular formula is C10H16N2O. The monoisotopic (exact) mass is 180 g/mol. The van der Waals surface area contributed by atoms with Crippen molar-refractivity contribution in [2.75, 3.05) is 26.3 Å². The van der Waals surface area contributed by atoms with E-state index in [4.69, 9.17) is 4.74 Å². The summed E-state index contributed by atoms with van der Waals surface area (Å²) in [6.07, 6.45) is 11.6. The molecule has 0 aromatic carbocycles. The Kier molecular flexibility index (Phi) is 5.85. The Hall–Kier alpha value is -1.06. The van der Waals surface area contributed by atoms with Crippen LogP contribution in [0.25, 0.3) is 0 Å². The molecule has 72 valence electrons. The average molecular weight is 180 g/mol. The Balaban J connectivity index is 0.000000132. The summed E-state index contributed by atoms with van der Waals surface area (Å²) in [6, 6.07) is 0. The zero-order chi connectivity index (χ0) is 9.19. The lowest BCUT2D eigenvalue weighted by molar-refractivity contribution is 0.109. The summed E-state index contributed by atoms with van der Waals surface area (Å²) in [6.45, 7) is 3.83. The minimum Gasteiger partial charge on any atom is -0.379 e. The lowest BCUT2D eigenvalue weighted by Crippen LogP contribution is -2.30. The van der Waals surface area contributed by atoms with Crippen molar-refractivity contribution in [1.82, 2.24) is 10.6 Å². The van der Waals surface area contributed by atoms with Crippen molar-refractivity contribution in [3.05, 3.63) is 36.7 Å². The van der Waals surface area contributed by atoms with E-state index in [2.05, 4.69) is 10.6 Å². The van der Waals surface area contributed by atoms with Crippen LogP contribution >= 0.6 is 0 Å². The van der Waals surface area contributed by atoms with Crippen molar-refractivity contribution >= 4 is 0 Å². The second kappa shape index (κ2) is 7.58. The van der Waals surface area contributed by atoms with Crippen LogP contribution in [0.5, 0.6) is 0 Å². The van der Waals surface area contributed by atoms with Gasteiger partial charge in [-0.15, -0.1) is 0 Å². The summed E-state index contributed by atoms with van der Waals surface area (Å²) in [5, 5.41) is 6.08. The SMILES string of the molecule is C1=CC=CNC=C1.C1COCCN1. The fourth-order valence-corrected chi connectivity index (χ4v) is 0.922. The van der Waals surface area contributed by atoms with E-state index in [1.165, 1.54) is 0 Å². The molecule has 2 rings (SSSR count). The molecule has 13 heavy (non-hydrogen) atoms. The normalized spacial score (nSPS) is 19.7. The van der Waals surface area contributed by atoms with Gasteiger partial charge in [-0.3, -0.25) is 0 Å². The molecular weight excluding hydrogens is 164 g/mol. The van der Waals surface area contributed by atoms with Gasteiger partial charge < -0.3 is 15.4 Å². The van der Waals surface area contributed by atoms with Gasteiger partial charge in [0.25, 0.3) is 0 Å². The molecule has 3 heteroatoms. The number of morpholine rings is 1. The molecule has 0 bridgehead atoms. The molecule has 1 fully saturated rings. The lowest BCUT2D eigenvalue weighted by Gasteiger charge is -2.10. The molecule has 0 unspecified atom stereocenters. The van der Waals surface area contributed by atoms with Crippen LogP contribution in [0.15, 0.2) is 36.7 Å². The van der Waals surface area contributed by atoms with E-state index in [-0.39, 0.29) is 0 Å². The van der Waals surface area contributed by atoms with Crippen molar-refractivity contribution in [2.45, 2.75) is 0 Å². The molecule has 3 nitrogen and oxygen atoms in total. The molecule has 0 radical (unpaired) electrons. The number of ether oxygens (including phenoxy) is 1. The molecule has 0 spiro atoms. The standard InChI is InChI=1S/C6H7N.C4H9NO/c1-2-4-6-7-5-3-1;1-3-6-4-2-5-1/h1-7H;5H,1-4H2. The average Bonchev–Trinajstić information content (AvgIpc) is 2.53. The van der Waals surface area contributed by atoms with E-state index in [0.29, 0.717) is 0 Å². The number of nitrogens with one attached hydrogen (secondary N) is 2. The second-order valence-corrected chi connectivity index (χ2v) is 2.63. The first kappa shape index (κ1) is 10.0. The van der Waals surface area contributed by atoms with Crippen LogP contribution < -0.4 is 10.6 Å². The molecule has 2 N–H and O–H groups in total. The predicted molar refractivity (Wildman–Crippen MR) is 54.2 cm³/mol. The summed E-state index contributed by atoms with van der Waals surface area (Å²) < 4.78 is 5.01. The predicted octanol–water partition coefficient (Wildman–Crippen LogP) is 0.779. The summed E-state index contributed by atoms with van der Waals surface area (Å²) in [5.74, 6) is 0. The quantitative estimate of drug-likeness (QED) is 0.578. The van der Waals surface area contributed by atoms with Gasteiger partial charge in [-0.2, -0.15) is 0 Å². The van der Waals surface area contributed by atoms with Gasteiger partial charge in [0.15, 0.2) is 0 Å². The molecule has 0 aromatic heterocycles. The molecule has 0 saturated carbocycles. The molecule has 0 aromatic rings. The van der Waals surface area contributed by atoms with Crippen molar-refractivity contribution in [1.29, 1.82) is 0 Å². The largest absolute Gasteiger partial charge is 0.379 e. The maximum atomic E-state index is 5.01. The number of hydrogen-bond donors (Lipinski definition) is 2. The Labute approximate surface area is 79.2 Å². The zero-order valence-corrected chi connectivity index (χ0v) is 7.70. The highest BCUT2D eigenvalue weighted by molar-refractivity contribution is 5.14. The molecule has 2 aliphatic heterocycles. The van der Waals surface area contributed by atoms with Gasteiger partial charge in [-0.05, 0) is 12.2 Å². The highest BCUT2D eigenvalue weighted by Crippen LogP contribution is 1.81. The van der Waals surface area contributed by atoms with E-state index in [0.717, 1.165) is 26.3 Å². The highest BCUT2D eigenvalue weighted by Gasteiger charge is 1.92. The van der Waals surface area contributed by atoms with Gasteiger partial charge >= 0.3 is 0 Å². The number of hydrogen-bond acceptors (Lipinski definition) is 3. The third kappa shape index (κ3) is 6.13. The van der Waals surface area contributed by atoms with E-state index in [1.807, 2.05) is 36.7 Å². The van der Waals surface area contributed by atoms with Crippen LogP contribution in [0, 0.1) is 0 Å². The zero-order valence-electron chi connectivity index (χ0n) is 7.70. The summed E-state index contributed by atoms with van der Waals surface area (Å²) in [7, 11) is 0. The van der Waals surface area contributed by atoms with Crippen LogP contribution in [-0.4, -0.2) is 26.3 Å². The first-order valence-electron chi connectivity index (χ1n) is 4.53. The van der Waals surface area contributed by atoms with E-state index in [1.54, 1.807) is 0 Å². The Bertz CT molecular complexity index is 168. The van der Waals surface area contributed by atoms with Crippen LogP contribution in [0.3, 0.4) is 0 Å². The summed E-state index contributed by atoms with van der Waals surface area (Å²) in [5.41, 5.74) is 0. The Morgan fingerprint density at radius 3 is 1.85 bits per heavy atom. The van der Waals surface area contributed by atoms with Crippen LogP contribution in [0.2, 0.25) is 0 Å². The molecule has 0 amide bonds. The van der Waals surface area contributed by atoms with Crippen LogP contribution in [0.4, 0.5) is 0 Å². The van der Waals surface area contributed by atoms with E-state index >= 15 is 0 Å². The second-order valence-electron chi connectivity index (χ2n) is 2.63. The summed E-state index contributed by atoms with van der Waals surface area (Å²) >= 11 is 0. The summed E-state index contributed by atoms with van der Waals surface area (Å²) in [4.78, 5) is 0. The van der Waals surface area contributed by atoms with Gasteiger partial charge in [-0.25, -0.2) is 0 Å². The molecule has 0 atom stereocenters. The van der Waals surface area contributed by atoms with Crippen LogP contribution in [0.1, 0.15) is 0 Å². The smallest absolute Gasteiger partial charge is 0.0591 e. The first-order chi connectivity index (χ1) is 6.50. The number of rotatable bonds is 0. The number of allylic oxidation sites excluding steroid dienone is 4. The topological polar surface area (TPSA) is 33.3 Å². The minimum atomic E-state index is 0.889. The van der Waals surface area contributed by atoms with Gasteiger partial charge in [0.05, 0.1) is 13.2 Å². The highest BCUT2D eigenvalue weighted by atomic mass is 16.5. The Morgan fingerprint density at radius 2 is 1.46 bits per heavy atom. The van der Waals surface area contributed by atoms with Crippen molar-refractivity contribution < 1.29 is 4.74 Å². The van der Waals surface area contributed by atoms with E-state index in [9.17, 15) is 0 Å². The van der Waals surface area contributed by atoms with Gasteiger partial charge in [0.2, 0.25) is 0 Å². The molecule has 1 saturated heterocycles. The fraction of sp³-hybridized carbons (Fsp3) is 0.400. The molecule has 2 aliphatic rings. The van der Waals surface area contributed by atoms with Crippen molar-refractivity contribution in [3.8, 4) is 0 Å². The first-order valence-corrected chi connectivity index (χ1v) is 4.53. The van der Waals surface area contributed by atoms with Crippen LogP contribution in [-0.2, 0) is 4.74 Å². The van der Waals surface area contributed by atoms with Crippen molar-refractivity contribution in [2.24, 2.45) is 0 Å².